The molecule has 32 heavy (non-hydrogen) atoms. The van der Waals surface area contributed by atoms with Crippen LogP contribution in [-0.2, 0) is 14.8 Å². The number of anilines is 1. The smallest absolute Gasteiger partial charge is 0.375 e. The van der Waals surface area contributed by atoms with E-state index < -0.39 is 28.4 Å². The molecular formula is C20H28ClF3N4O3S. The maximum atomic E-state index is 12.3. The highest BCUT2D eigenvalue weighted by Gasteiger charge is 2.44. The molecule has 2 aliphatic heterocycles. The minimum absolute atomic E-state index is 0.152. The summed E-state index contributed by atoms with van der Waals surface area (Å²) >= 11 is 5.85. The van der Waals surface area contributed by atoms with Gasteiger partial charge in [-0.05, 0) is 43.4 Å². The third kappa shape index (κ3) is 6.24. The lowest BCUT2D eigenvalue weighted by Crippen LogP contribution is -2.55. The zero-order valence-electron chi connectivity index (χ0n) is 17.7. The van der Waals surface area contributed by atoms with Gasteiger partial charge in [-0.1, -0.05) is 11.6 Å². The van der Waals surface area contributed by atoms with Gasteiger partial charge in [-0.2, -0.15) is 17.5 Å². The topological polar surface area (TPSA) is 75.6 Å². The van der Waals surface area contributed by atoms with E-state index in [0.717, 1.165) is 42.6 Å². The van der Waals surface area contributed by atoms with Gasteiger partial charge in [0, 0.05) is 32.8 Å². The van der Waals surface area contributed by atoms with Crippen LogP contribution >= 0.6 is 11.6 Å². The van der Waals surface area contributed by atoms with E-state index in [1.165, 1.54) is 6.42 Å². The van der Waals surface area contributed by atoms with Gasteiger partial charge in [0.1, 0.15) is 0 Å². The number of halogens is 4. The van der Waals surface area contributed by atoms with Crippen LogP contribution in [0.25, 0.3) is 0 Å². The van der Waals surface area contributed by atoms with Crippen LogP contribution < -0.4 is 4.90 Å². The van der Waals surface area contributed by atoms with Crippen LogP contribution in [0.15, 0.2) is 12.4 Å². The fourth-order valence-electron chi connectivity index (χ4n) is 4.67. The summed E-state index contributed by atoms with van der Waals surface area (Å²) in [5.74, 6) is 1.89. The van der Waals surface area contributed by atoms with Crippen molar-refractivity contribution in [3.8, 4) is 0 Å². The lowest BCUT2D eigenvalue weighted by Gasteiger charge is -2.37. The average Bonchev–Trinajstić information content (AvgIpc) is 3.48. The standard InChI is InChI=1S/C20H28ClF3N4O3S/c21-16-10-25-19(26-11-16)27-5-1-14(2-6-27)18-9-15(18)3-7-31-17-12-28(13-17)32(29,30)8-4-20(22,23)24/h10-11,14-15,17-18H,1-9,12-13H2/t15-,18-/m1/s1. The summed E-state index contributed by atoms with van der Waals surface area (Å²) in [5, 5.41) is 0.532. The molecule has 12 heteroatoms. The van der Waals surface area contributed by atoms with Crippen molar-refractivity contribution in [2.24, 2.45) is 17.8 Å². The zero-order chi connectivity index (χ0) is 22.9. The molecule has 0 amide bonds. The van der Waals surface area contributed by atoms with Crippen molar-refractivity contribution in [3.05, 3.63) is 17.4 Å². The van der Waals surface area contributed by atoms with E-state index in [2.05, 4.69) is 14.9 Å². The van der Waals surface area contributed by atoms with Crippen LogP contribution in [0.4, 0.5) is 19.1 Å². The number of aromatic nitrogens is 2. The van der Waals surface area contributed by atoms with E-state index >= 15 is 0 Å². The summed E-state index contributed by atoms with van der Waals surface area (Å²) in [7, 11) is -3.85. The molecule has 1 saturated carbocycles. The SMILES string of the molecule is O=S(=O)(CCC(F)(F)F)N1CC(OCC[C@@H]2C[C@@H]2C2CCN(c3ncc(Cl)cn3)CC2)C1. The molecule has 2 atom stereocenters. The van der Waals surface area contributed by atoms with Gasteiger partial charge in [-0.3, -0.25) is 0 Å². The number of sulfonamides is 1. The molecule has 0 N–H and O–H groups in total. The first-order valence-electron chi connectivity index (χ1n) is 11.0. The monoisotopic (exact) mass is 496 g/mol. The second-order valence-corrected chi connectivity index (χ2v) is 11.5. The molecule has 0 radical (unpaired) electrons. The summed E-state index contributed by atoms with van der Waals surface area (Å²) in [6, 6.07) is 0. The first-order valence-corrected chi connectivity index (χ1v) is 13.0. The summed E-state index contributed by atoms with van der Waals surface area (Å²) in [6.45, 7) is 2.75. The third-order valence-corrected chi connectivity index (χ3v) is 8.71. The summed E-state index contributed by atoms with van der Waals surface area (Å²) in [6.07, 6.45) is 1.62. The third-order valence-electron chi connectivity index (χ3n) is 6.71. The Kier molecular flexibility index (Phi) is 7.19. The molecule has 1 aliphatic carbocycles. The largest absolute Gasteiger partial charge is 0.390 e. The summed E-state index contributed by atoms with van der Waals surface area (Å²) < 4.78 is 67.4. The molecule has 3 heterocycles. The van der Waals surface area contributed by atoms with Gasteiger partial charge in [0.05, 0.1) is 35.7 Å². The van der Waals surface area contributed by atoms with Crippen molar-refractivity contribution in [2.45, 2.75) is 44.4 Å². The molecule has 1 aromatic heterocycles. The van der Waals surface area contributed by atoms with Crippen LogP contribution in [0.1, 0.15) is 32.1 Å². The molecule has 180 valence electrons. The first kappa shape index (κ1) is 24.0. The number of rotatable bonds is 9. The minimum Gasteiger partial charge on any atom is -0.375 e. The fraction of sp³-hybridized carbons (Fsp3) is 0.800. The Bertz CT molecular complexity index is 873. The van der Waals surface area contributed by atoms with Crippen molar-refractivity contribution in [1.82, 2.24) is 14.3 Å². The first-order chi connectivity index (χ1) is 15.1. The number of piperidine rings is 1. The van der Waals surface area contributed by atoms with Gasteiger partial charge in [0.2, 0.25) is 16.0 Å². The van der Waals surface area contributed by atoms with Crippen molar-refractivity contribution in [1.29, 1.82) is 0 Å². The van der Waals surface area contributed by atoms with Crippen LogP contribution in [0, 0.1) is 17.8 Å². The Morgan fingerprint density at radius 1 is 1.16 bits per heavy atom. The lowest BCUT2D eigenvalue weighted by atomic mass is 9.90. The Hall–Kier alpha value is -1.17. The molecule has 3 aliphatic rings. The van der Waals surface area contributed by atoms with E-state index in [4.69, 9.17) is 16.3 Å². The van der Waals surface area contributed by atoms with Gasteiger partial charge in [0.25, 0.3) is 0 Å². The highest BCUT2D eigenvalue weighted by Crippen LogP contribution is 2.50. The molecule has 0 aromatic carbocycles. The number of hydrogen-bond donors (Lipinski definition) is 0. The molecule has 7 nitrogen and oxygen atoms in total. The van der Waals surface area contributed by atoms with Gasteiger partial charge in [0.15, 0.2) is 0 Å². The molecule has 0 unspecified atom stereocenters. The summed E-state index contributed by atoms with van der Waals surface area (Å²) in [5.41, 5.74) is 0. The second kappa shape index (κ2) is 9.60. The number of hydrogen-bond acceptors (Lipinski definition) is 6. The quantitative estimate of drug-likeness (QED) is 0.522. The zero-order valence-corrected chi connectivity index (χ0v) is 19.2. The van der Waals surface area contributed by atoms with E-state index in [1.54, 1.807) is 12.4 Å². The number of nitrogens with zero attached hydrogens (tertiary/aromatic N) is 4. The van der Waals surface area contributed by atoms with Crippen molar-refractivity contribution >= 4 is 27.6 Å². The highest BCUT2D eigenvalue weighted by atomic mass is 35.5. The van der Waals surface area contributed by atoms with Gasteiger partial charge in [-0.15, -0.1) is 0 Å². The minimum atomic E-state index is -4.46. The fourth-order valence-corrected chi connectivity index (χ4v) is 6.30. The maximum Gasteiger partial charge on any atom is 0.390 e. The van der Waals surface area contributed by atoms with Crippen LogP contribution in [0.2, 0.25) is 5.02 Å². The van der Waals surface area contributed by atoms with Crippen LogP contribution in [0.3, 0.4) is 0 Å². The molecule has 4 rings (SSSR count). The second-order valence-electron chi connectivity index (χ2n) is 8.97. The molecule has 0 bridgehead atoms. The Balaban J connectivity index is 1.09. The predicted octanol–water partition coefficient (Wildman–Crippen LogP) is 3.36. The van der Waals surface area contributed by atoms with Crippen LogP contribution in [-0.4, -0.2) is 73.5 Å². The molecule has 1 aromatic rings. The maximum absolute atomic E-state index is 12.3. The van der Waals surface area contributed by atoms with Crippen molar-refractivity contribution in [2.75, 3.05) is 43.4 Å². The van der Waals surface area contributed by atoms with E-state index in [1.807, 2.05) is 0 Å². The molecular weight excluding hydrogens is 469 g/mol. The van der Waals surface area contributed by atoms with Crippen molar-refractivity contribution < 1.29 is 26.3 Å². The molecule has 2 saturated heterocycles. The highest BCUT2D eigenvalue weighted by molar-refractivity contribution is 7.89. The van der Waals surface area contributed by atoms with Gasteiger partial charge >= 0.3 is 6.18 Å². The Morgan fingerprint density at radius 3 is 2.44 bits per heavy atom. The Labute approximate surface area is 191 Å². The normalized spacial score (nSPS) is 25.7. The number of alkyl halides is 3. The lowest BCUT2D eigenvalue weighted by molar-refractivity contribution is -0.130. The van der Waals surface area contributed by atoms with Crippen LogP contribution in [0.5, 0.6) is 0 Å². The van der Waals surface area contributed by atoms with Crippen molar-refractivity contribution in [3.63, 3.8) is 0 Å². The Morgan fingerprint density at radius 2 is 1.81 bits per heavy atom. The number of ether oxygens (including phenoxy) is 1. The van der Waals surface area contributed by atoms with Gasteiger partial charge < -0.3 is 9.64 Å². The predicted molar refractivity (Wildman–Crippen MR) is 114 cm³/mol. The summed E-state index contributed by atoms with van der Waals surface area (Å²) in [4.78, 5) is 10.8. The van der Waals surface area contributed by atoms with E-state index in [9.17, 15) is 21.6 Å². The van der Waals surface area contributed by atoms with E-state index in [-0.39, 0.29) is 19.2 Å². The molecule has 0 spiro atoms. The average molecular weight is 497 g/mol. The van der Waals surface area contributed by atoms with Gasteiger partial charge in [-0.25, -0.2) is 18.4 Å². The van der Waals surface area contributed by atoms with E-state index in [0.29, 0.717) is 29.4 Å². The molecule has 3 fully saturated rings.